The van der Waals surface area contributed by atoms with E-state index in [-0.39, 0.29) is 6.61 Å². The number of thiazole rings is 1. The summed E-state index contributed by atoms with van der Waals surface area (Å²) < 4.78 is 1.91. The molecule has 1 aliphatic heterocycles. The smallest absolute Gasteiger partial charge is 0.0926 e. The standard InChI is InChI=1S/C13H18N4OS/c1-9-13(19-8-14-9)6-17-4-3-12-10(5-17)11(7-18)15-16(12)2/h8,18H,3-7H2,1-2H3. The highest BCUT2D eigenvalue weighted by molar-refractivity contribution is 7.09. The molecule has 102 valence electrons. The molecule has 2 aromatic rings. The van der Waals surface area contributed by atoms with Crippen molar-refractivity contribution in [2.24, 2.45) is 7.05 Å². The van der Waals surface area contributed by atoms with Gasteiger partial charge in [0.2, 0.25) is 0 Å². The maximum absolute atomic E-state index is 9.39. The highest BCUT2D eigenvalue weighted by atomic mass is 32.1. The Morgan fingerprint density at radius 2 is 2.32 bits per heavy atom. The van der Waals surface area contributed by atoms with Crippen molar-refractivity contribution >= 4 is 11.3 Å². The lowest BCUT2D eigenvalue weighted by Crippen LogP contribution is -2.30. The molecule has 1 aliphatic rings. The summed E-state index contributed by atoms with van der Waals surface area (Å²) in [6.07, 6.45) is 0.997. The molecule has 0 saturated carbocycles. The molecule has 0 bridgehead atoms. The average Bonchev–Trinajstić information content (AvgIpc) is 2.94. The summed E-state index contributed by atoms with van der Waals surface area (Å²) in [4.78, 5) is 8.04. The SMILES string of the molecule is Cc1ncsc1CN1CCc2c(c(CO)nn2C)C1. The van der Waals surface area contributed by atoms with Crippen molar-refractivity contribution in [2.45, 2.75) is 33.0 Å². The van der Waals surface area contributed by atoms with Crippen LogP contribution in [0.25, 0.3) is 0 Å². The fourth-order valence-corrected chi connectivity index (χ4v) is 3.49. The number of rotatable bonds is 3. The second-order valence-electron chi connectivity index (χ2n) is 4.98. The molecule has 0 aromatic carbocycles. The van der Waals surface area contributed by atoms with Crippen molar-refractivity contribution in [3.8, 4) is 0 Å². The first-order valence-electron chi connectivity index (χ1n) is 6.45. The van der Waals surface area contributed by atoms with Crippen LogP contribution >= 0.6 is 11.3 Å². The minimum Gasteiger partial charge on any atom is -0.390 e. The average molecular weight is 278 g/mol. The van der Waals surface area contributed by atoms with Gasteiger partial charge in [-0.15, -0.1) is 11.3 Å². The molecule has 0 radical (unpaired) electrons. The van der Waals surface area contributed by atoms with Crippen molar-refractivity contribution in [2.75, 3.05) is 6.54 Å². The second kappa shape index (κ2) is 5.03. The lowest BCUT2D eigenvalue weighted by Gasteiger charge is -2.27. The summed E-state index contributed by atoms with van der Waals surface area (Å²) in [7, 11) is 1.96. The van der Waals surface area contributed by atoms with Crippen LogP contribution in [0.4, 0.5) is 0 Å². The topological polar surface area (TPSA) is 54.2 Å². The van der Waals surface area contributed by atoms with Crippen molar-refractivity contribution in [1.82, 2.24) is 19.7 Å². The Bertz CT molecular complexity index is 589. The summed E-state index contributed by atoms with van der Waals surface area (Å²) in [5.74, 6) is 0. The van der Waals surface area contributed by atoms with E-state index in [9.17, 15) is 5.11 Å². The molecule has 1 N–H and O–H groups in total. The Morgan fingerprint density at radius 3 is 3.00 bits per heavy atom. The first kappa shape index (κ1) is 12.8. The first-order valence-corrected chi connectivity index (χ1v) is 7.32. The summed E-state index contributed by atoms with van der Waals surface area (Å²) in [6, 6.07) is 0. The van der Waals surface area contributed by atoms with Crippen LogP contribution in [0.1, 0.15) is 27.5 Å². The predicted octanol–water partition coefficient (Wildman–Crippen LogP) is 1.24. The van der Waals surface area contributed by atoms with Crippen molar-refractivity contribution in [3.63, 3.8) is 0 Å². The first-order chi connectivity index (χ1) is 9.19. The van der Waals surface area contributed by atoms with Gasteiger partial charge in [0.25, 0.3) is 0 Å². The van der Waals surface area contributed by atoms with Gasteiger partial charge in [0.05, 0.1) is 23.5 Å². The molecule has 6 heteroatoms. The normalized spacial score (nSPS) is 15.7. The van der Waals surface area contributed by atoms with Crippen LogP contribution in [0.2, 0.25) is 0 Å². The van der Waals surface area contributed by atoms with Gasteiger partial charge in [-0.25, -0.2) is 4.98 Å². The lowest BCUT2D eigenvalue weighted by atomic mass is 10.1. The van der Waals surface area contributed by atoms with Crippen LogP contribution in [0.15, 0.2) is 5.51 Å². The van der Waals surface area contributed by atoms with Gasteiger partial charge in [0, 0.05) is 49.2 Å². The Hall–Kier alpha value is -1.24. The van der Waals surface area contributed by atoms with E-state index in [1.54, 1.807) is 11.3 Å². The number of hydrogen-bond donors (Lipinski definition) is 1. The van der Waals surface area contributed by atoms with Gasteiger partial charge in [-0.2, -0.15) is 5.10 Å². The van der Waals surface area contributed by atoms with Gasteiger partial charge in [0.15, 0.2) is 0 Å². The van der Waals surface area contributed by atoms with Gasteiger partial charge in [-0.05, 0) is 6.92 Å². The molecule has 0 atom stereocenters. The highest BCUT2D eigenvalue weighted by Gasteiger charge is 2.24. The number of aryl methyl sites for hydroxylation is 2. The zero-order valence-electron chi connectivity index (χ0n) is 11.3. The number of aliphatic hydroxyl groups excluding tert-OH is 1. The third-order valence-corrected chi connectivity index (χ3v) is 4.69. The van der Waals surface area contributed by atoms with Crippen LogP contribution < -0.4 is 0 Å². The van der Waals surface area contributed by atoms with Gasteiger partial charge in [-0.1, -0.05) is 0 Å². The molecule has 2 aromatic heterocycles. The molecule has 0 spiro atoms. The number of aliphatic hydroxyl groups is 1. The summed E-state index contributed by atoms with van der Waals surface area (Å²) in [6.45, 7) is 4.93. The molecule has 3 rings (SSSR count). The Kier molecular flexibility index (Phi) is 3.38. The van der Waals surface area contributed by atoms with Crippen LogP contribution in [0.5, 0.6) is 0 Å². The number of nitrogens with zero attached hydrogens (tertiary/aromatic N) is 4. The molecule has 19 heavy (non-hydrogen) atoms. The molecule has 0 unspecified atom stereocenters. The van der Waals surface area contributed by atoms with Crippen LogP contribution in [0, 0.1) is 6.92 Å². The van der Waals surface area contributed by atoms with Crippen molar-refractivity contribution in [3.05, 3.63) is 33.0 Å². The van der Waals surface area contributed by atoms with E-state index in [2.05, 4.69) is 21.9 Å². The Morgan fingerprint density at radius 1 is 1.47 bits per heavy atom. The van der Waals surface area contributed by atoms with E-state index in [1.165, 1.54) is 16.1 Å². The van der Waals surface area contributed by atoms with Gasteiger partial charge >= 0.3 is 0 Å². The van der Waals surface area contributed by atoms with E-state index < -0.39 is 0 Å². The van der Waals surface area contributed by atoms with Gasteiger partial charge < -0.3 is 5.11 Å². The van der Waals surface area contributed by atoms with E-state index in [0.717, 1.165) is 37.4 Å². The molecule has 3 heterocycles. The van der Waals surface area contributed by atoms with Gasteiger partial charge in [-0.3, -0.25) is 9.58 Å². The van der Waals surface area contributed by atoms with Crippen molar-refractivity contribution in [1.29, 1.82) is 0 Å². The predicted molar refractivity (Wildman–Crippen MR) is 73.8 cm³/mol. The molecular weight excluding hydrogens is 260 g/mol. The van der Waals surface area contributed by atoms with Crippen LogP contribution in [-0.2, 0) is 33.2 Å². The largest absolute Gasteiger partial charge is 0.390 e. The number of hydrogen-bond acceptors (Lipinski definition) is 5. The van der Waals surface area contributed by atoms with Crippen LogP contribution in [0.3, 0.4) is 0 Å². The molecule has 0 fully saturated rings. The quantitative estimate of drug-likeness (QED) is 0.917. The molecule has 0 amide bonds. The molecular formula is C13H18N4OS. The fraction of sp³-hybridized carbons (Fsp3) is 0.538. The second-order valence-corrected chi connectivity index (χ2v) is 5.91. The monoisotopic (exact) mass is 278 g/mol. The Labute approximate surface area is 116 Å². The van der Waals surface area contributed by atoms with E-state index >= 15 is 0 Å². The highest BCUT2D eigenvalue weighted by Crippen LogP contribution is 2.24. The minimum absolute atomic E-state index is 0.0244. The van der Waals surface area contributed by atoms with Crippen molar-refractivity contribution < 1.29 is 5.11 Å². The molecule has 0 saturated heterocycles. The summed E-state index contributed by atoms with van der Waals surface area (Å²) in [5, 5.41) is 13.8. The van der Waals surface area contributed by atoms with E-state index in [1.807, 2.05) is 17.2 Å². The van der Waals surface area contributed by atoms with Crippen LogP contribution in [-0.4, -0.2) is 31.3 Å². The van der Waals surface area contributed by atoms with E-state index in [0.29, 0.717) is 0 Å². The Balaban J connectivity index is 1.80. The molecule has 0 aliphatic carbocycles. The van der Waals surface area contributed by atoms with Gasteiger partial charge in [0.1, 0.15) is 0 Å². The maximum atomic E-state index is 9.39. The third-order valence-electron chi connectivity index (χ3n) is 3.77. The lowest BCUT2D eigenvalue weighted by molar-refractivity contribution is 0.237. The summed E-state index contributed by atoms with van der Waals surface area (Å²) in [5.41, 5.74) is 6.33. The number of aromatic nitrogens is 3. The zero-order chi connectivity index (χ0) is 13.4. The fourth-order valence-electron chi connectivity index (χ4n) is 2.67. The third kappa shape index (κ3) is 2.31. The maximum Gasteiger partial charge on any atom is 0.0926 e. The zero-order valence-corrected chi connectivity index (χ0v) is 12.1. The summed E-state index contributed by atoms with van der Waals surface area (Å²) >= 11 is 1.72. The molecule has 5 nitrogen and oxygen atoms in total. The van der Waals surface area contributed by atoms with E-state index in [4.69, 9.17) is 0 Å². The number of fused-ring (bicyclic) bond motifs is 1. The minimum atomic E-state index is 0.0244.